The summed E-state index contributed by atoms with van der Waals surface area (Å²) >= 11 is 0. The van der Waals surface area contributed by atoms with Gasteiger partial charge in [0.1, 0.15) is 0 Å². The van der Waals surface area contributed by atoms with Crippen LogP contribution in [0.2, 0.25) is 0 Å². The molecule has 4 heteroatoms. The molecule has 1 amide bonds. The molecule has 29 heavy (non-hydrogen) atoms. The number of aliphatic hydroxyl groups is 1. The first-order chi connectivity index (χ1) is 14.1. The highest BCUT2D eigenvalue weighted by molar-refractivity contribution is 5.95. The largest absolute Gasteiger partial charge is 0.389 e. The van der Waals surface area contributed by atoms with E-state index in [4.69, 9.17) is 0 Å². The molecule has 2 rings (SSSR count). The number of amides is 1. The van der Waals surface area contributed by atoms with Crippen molar-refractivity contribution in [1.29, 1.82) is 0 Å². The molecule has 0 aliphatic heterocycles. The monoisotopic (exact) mass is 395 g/mol. The lowest BCUT2D eigenvalue weighted by atomic mass is 9.90. The Kier molecular flexibility index (Phi) is 10.1. The van der Waals surface area contributed by atoms with Gasteiger partial charge in [-0.3, -0.25) is 9.59 Å². The van der Waals surface area contributed by atoms with E-state index < -0.39 is 6.10 Å². The Morgan fingerprint density at radius 2 is 2.03 bits per heavy atom. The summed E-state index contributed by atoms with van der Waals surface area (Å²) < 4.78 is 0. The van der Waals surface area contributed by atoms with Crippen molar-refractivity contribution in [2.24, 2.45) is 11.8 Å². The number of nitrogens with one attached hydrogen (secondary N) is 1. The summed E-state index contributed by atoms with van der Waals surface area (Å²) in [5.74, 6) is 0.179. The lowest BCUT2D eigenvalue weighted by molar-refractivity contribution is -0.121. The Bertz CT molecular complexity index is 721. The summed E-state index contributed by atoms with van der Waals surface area (Å²) in [5.41, 5.74) is 1.21. The molecule has 0 bridgehead atoms. The standard InChI is InChI=1S/C25H33NO3/c1-2-26-25(29)13-9-4-3-8-12-23-21(16-19-24(23)28)15-18-22(27)17-14-20-10-6-5-7-11-20/h3,5-8,10-11,15-16,18-19,21-23,27H,2,4,9,12-14,17H2,1H3,(H,26,29)/t21-,22?,23+/m0/s1. The number of aryl methyl sites for hydroxylation is 1. The van der Waals surface area contributed by atoms with Crippen molar-refractivity contribution < 1.29 is 14.7 Å². The van der Waals surface area contributed by atoms with Crippen LogP contribution in [0.25, 0.3) is 0 Å². The number of rotatable bonds is 12. The number of hydrogen-bond donors (Lipinski definition) is 2. The number of aliphatic hydroxyl groups excluding tert-OH is 1. The maximum Gasteiger partial charge on any atom is 0.219 e. The Balaban J connectivity index is 1.72. The number of allylic oxidation sites excluding steroid dienone is 5. The molecule has 1 aromatic rings. The Hall–Kier alpha value is -2.46. The quantitative estimate of drug-likeness (QED) is 0.412. The fourth-order valence-electron chi connectivity index (χ4n) is 3.46. The SMILES string of the molecule is CCNC(=O)CCCC=CC[C@H]1C(=O)C=C[C@@H]1C=CC(O)CCc1ccccc1. The highest BCUT2D eigenvalue weighted by Gasteiger charge is 2.27. The third-order valence-electron chi connectivity index (χ3n) is 5.15. The summed E-state index contributed by atoms with van der Waals surface area (Å²) in [6.07, 6.45) is 15.3. The molecule has 4 nitrogen and oxygen atoms in total. The van der Waals surface area contributed by atoms with Gasteiger partial charge in [-0.1, -0.05) is 60.7 Å². The first kappa shape index (κ1) is 22.8. The van der Waals surface area contributed by atoms with Gasteiger partial charge in [-0.25, -0.2) is 0 Å². The van der Waals surface area contributed by atoms with Gasteiger partial charge in [0.05, 0.1) is 6.10 Å². The molecule has 0 fully saturated rings. The molecule has 0 spiro atoms. The fourth-order valence-corrected chi connectivity index (χ4v) is 3.46. The van der Waals surface area contributed by atoms with E-state index in [2.05, 4.69) is 23.5 Å². The van der Waals surface area contributed by atoms with Crippen molar-refractivity contribution >= 4 is 11.7 Å². The van der Waals surface area contributed by atoms with E-state index in [0.29, 0.717) is 25.8 Å². The van der Waals surface area contributed by atoms with Crippen LogP contribution in [-0.4, -0.2) is 29.4 Å². The summed E-state index contributed by atoms with van der Waals surface area (Å²) in [5, 5.41) is 13.0. The molecule has 0 aromatic heterocycles. The van der Waals surface area contributed by atoms with Crippen molar-refractivity contribution in [3.8, 4) is 0 Å². The minimum atomic E-state index is -0.509. The predicted molar refractivity (Wildman–Crippen MR) is 117 cm³/mol. The predicted octanol–water partition coefficient (Wildman–Crippen LogP) is 4.16. The van der Waals surface area contributed by atoms with Gasteiger partial charge >= 0.3 is 0 Å². The molecule has 3 atom stereocenters. The second kappa shape index (κ2) is 12.9. The number of benzene rings is 1. The van der Waals surface area contributed by atoms with E-state index in [1.165, 1.54) is 5.56 Å². The molecule has 1 aromatic carbocycles. The van der Waals surface area contributed by atoms with Gasteiger partial charge in [-0.15, -0.1) is 0 Å². The van der Waals surface area contributed by atoms with Crippen LogP contribution >= 0.6 is 0 Å². The maximum absolute atomic E-state index is 12.2. The highest BCUT2D eigenvalue weighted by atomic mass is 16.3. The summed E-state index contributed by atoms with van der Waals surface area (Å²) in [6, 6.07) is 10.1. The topological polar surface area (TPSA) is 66.4 Å². The number of hydrogen-bond acceptors (Lipinski definition) is 3. The Labute approximate surface area is 174 Å². The van der Waals surface area contributed by atoms with Crippen LogP contribution < -0.4 is 5.32 Å². The Morgan fingerprint density at radius 3 is 2.79 bits per heavy atom. The summed E-state index contributed by atoms with van der Waals surface area (Å²) in [6.45, 7) is 2.58. The second-order valence-electron chi connectivity index (χ2n) is 7.47. The third kappa shape index (κ3) is 8.61. The van der Waals surface area contributed by atoms with Crippen molar-refractivity contribution in [2.45, 2.75) is 51.6 Å². The van der Waals surface area contributed by atoms with Crippen LogP contribution in [-0.2, 0) is 16.0 Å². The molecule has 1 aliphatic rings. The van der Waals surface area contributed by atoms with Crippen LogP contribution in [0.5, 0.6) is 0 Å². The lowest BCUT2D eigenvalue weighted by Gasteiger charge is -2.13. The number of carbonyl (C=O) groups is 2. The van der Waals surface area contributed by atoms with Crippen LogP contribution in [0, 0.1) is 11.8 Å². The van der Waals surface area contributed by atoms with Gasteiger partial charge < -0.3 is 10.4 Å². The maximum atomic E-state index is 12.2. The Morgan fingerprint density at radius 1 is 1.24 bits per heavy atom. The zero-order valence-corrected chi connectivity index (χ0v) is 17.3. The van der Waals surface area contributed by atoms with Gasteiger partial charge in [0.25, 0.3) is 0 Å². The van der Waals surface area contributed by atoms with Gasteiger partial charge in [0, 0.05) is 24.8 Å². The summed E-state index contributed by atoms with van der Waals surface area (Å²) in [4.78, 5) is 23.6. The van der Waals surface area contributed by atoms with E-state index in [0.717, 1.165) is 19.3 Å². The molecule has 0 saturated heterocycles. The zero-order chi connectivity index (χ0) is 20.9. The molecular formula is C25H33NO3. The first-order valence-electron chi connectivity index (χ1n) is 10.6. The van der Waals surface area contributed by atoms with Crippen molar-refractivity contribution in [2.75, 3.05) is 6.54 Å². The third-order valence-corrected chi connectivity index (χ3v) is 5.15. The van der Waals surface area contributed by atoms with E-state index in [9.17, 15) is 14.7 Å². The smallest absolute Gasteiger partial charge is 0.219 e. The van der Waals surface area contributed by atoms with Crippen LogP contribution in [0.15, 0.2) is 66.8 Å². The number of ketones is 1. The second-order valence-corrected chi connectivity index (χ2v) is 7.47. The normalized spacial score (nSPS) is 20.0. The van der Waals surface area contributed by atoms with Crippen LogP contribution in [0.1, 0.15) is 44.6 Å². The first-order valence-corrected chi connectivity index (χ1v) is 10.6. The number of carbonyl (C=O) groups excluding carboxylic acids is 2. The van der Waals surface area contributed by atoms with Crippen LogP contribution in [0.3, 0.4) is 0 Å². The molecule has 1 unspecified atom stereocenters. The average Bonchev–Trinajstić information content (AvgIpc) is 3.08. The van der Waals surface area contributed by atoms with Gasteiger partial charge in [0.15, 0.2) is 5.78 Å². The van der Waals surface area contributed by atoms with E-state index in [1.54, 1.807) is 6.08 Å². The van der Waals surface area contributed by atoms with E-state index in [-0.39, 0.29) is 23.5 Å². The summed E-state index contributed by atoms with van der Waals surface area (Å²) in [7, 11) is 0. The van der Waals surface area contributed by atoms with Crippen molar-refractivity contribution in [3.05, 3.63) is 72.4 Å². The van der Waals surface area contributed by atoms with Gasteiger partial charge in [0.2, 0.25) is 5.91 Å². The molecule has 0 radical (unpaired) electrons. The highest BCUT2D eigenvalue weighted by Crippen LogP contribution is 2.27. The molecule has 0 heterocycles. The molecule has 1 aliphatic carbocycles. The van der Waals surface area contributed by atoms with Crippen LogP contribution in [0.4, 0.5) is 0 Å². The van der Waals surface area contributed by atoms with Gasteiger partial charge in [-0.05, 0) is 50.7 Å². The van der Waals surface area contributed by atoms with E-state index >= 15 is 0 Å². The average molecular weight is 396 g/mol. The fraction of sp³-hybridized carbons (Fsp3) is 0.440. The minimum absolute atomic E-state index is 0.0360. The lowest BCUT2D eigenvalue weighted by Crippen LogP contribution is -2.21. The van der Waals surface area contributed by atoms with Gasteiger partial charge in [-0.2, -0.15) is 0 Å². The molecular weight excluding hydrogens is 362 g/mol. The molecule has 2 N–H and O–H groups in total. The molecule has 156 valence electrons. The molecule has 0 saturated carbocycles. The van der Waals surface area contributed by atoms with Crippen molar-refractivity contribution in [1.82, 2.24) is 5.32 Å². The van der Waals surface area contributed by atoms with Crippen molar-refractivity contribution in [3.63, 3.8) is 0 Å². The number of unbranched alkanes of at least 4 members (excludes halogenated alkanes) is 1. The van der Waals surface area contributed by atoms with E-state index in [1.807, 2.05) is 49.4 Å². The zero-order valence-electron chi connectivity index (χ0n) is 17.3. The minimum Gasteiger partial charge on any atom is -0.389 e.